The molecular weight excluding hydrogens is 218 g/mol. The first-order chi connectivity index (χ1) is 7.61. The molecule has 1 N–H and O–H groups in total. The molecule has 0 aliphatic heterocycles. The van der Waals surface area contributed by atoms with Crippen LogP contribution in [0.1, 0.15) is 18.9 Å². The Bertz CT molecular complexity index is 359. The predicted molar refractivity (Wildman–Crippen MR) is 69.8 cm³/mol. The fraction of sp³-hybridized carbons (Fsp3) is 0.308. The van der Waals surface area contributed by atoms with Gasteiger partial charge in [0.1, 0.15) is 0 Å². The van der Waals surface area contributed by atoms with Crippen molar-refractivity contribution in [1.29, 1.82) is 0 Å². The average Bonchev–Trinajstić information content (AvgIpc) is 2.21. The zero-order chi connectivity index (χ0) is 12.0. The second kappa shape index (κ2) is 6.38. The number of benzene rings is 1. The van der Waals surface area contributed by atoms with Crippen LogP contribution in [0.25, 0.3) is 0 Å². The summed E-state index contributed by atoms with van der Waals surface area (Å²) in [7, 11) is 0. The van der Waals surface area contributed by atoms with Crippen molar-refractivity contribution in [2.24, 2.45) is 0 Å². The van der Waals surface area contributed by atoms with Crippen LogP contribution in [0.2, 0.25) is 0 Å². The molecule has 86 valence electrons. The average molecular weight is 235 g/mol. The van der Waals surface area contributed by atoms with Crippen molar-refractivity contribution >= 4 is 18.5 Å². The van der Waals surface area contributed by atoms with Gasteiger partial charge in [-0.2, -0.15) is 0 Å². The van der Waals surface area contributed by atoms with E-state index in [2.05, 4.69) is 24.5 Å². The molecule has 1 atom stereocenters. The van der Waals surface area contributed by atoms with Gasteiger partial charge in [0, 0.05) is 10.9 Å². The van der Waals surface area contributed by atoms with Crippen molar-refractivity contribution in [3.8, 4) is 0 Å². The van der Waals surface area contributed by atoms with Crippen LogP contribution in [-0.4, -0.2) is 11.9 Å². The third-order valence-corrected chi connectivity index (χ3v) is 2.53. The first-order valence-electron chi connectivity index (χ1n) is 5.30. The maximum Gasteiger partial charge on any atom is 0.224 e. The second-order valence-electron chi connectivity index (χ2n) is 3.84. The van der Waals surface area contributed by atoms with E-state index in [-0.39, 0.29) is 11.9 Å². The number of rotatable bonds is 5. The molecule has 1 rings (SSSR count). The van der Waals surface area contributed by atoms with E-state index in [1.54, 1.807) is 6.08 Å². The van der Waals surface area contributed by atoms with Gasteiger partial charge in [0.05, 0.1) is 6.42 Å². The molecule has 0 saturated heterocycles. The van der Waals surface area contributed by atoms with Gasteiger partial charge in [-0.05, 0) is 31.0 Å². The molecule has 0 bridgehead atoms. The molecule has 0 aliphatic rings. The number of amides is 1. The lowest BCUT2D eigenvalue weighted by molar-refractivity contribution is -0.121. The summed E-state index contributed by atoms with van der Waals surface area (Å²) in [6.07, 6.45) is 3.01. The van der Waals surface area contributed by atoms with Crippen LogP contribution in [0.3, 0.4) is 0 Å². The standard InChI is InChI=1S/C13H17NOS/c1-3-4-10(2)14-13(15)9-11-5-7-12(16)8-6-11/h3,5-8,10,16H,1,4,9H2,2H3,(H,14,15). The molecule has 16 heavy (non-hydrogen) atoms. The van der Waals surface area contributed by atoms with E-state index in [9.17, 15) is 4.79 Å². The van der Waals surface area contributed by atoms with E-state index in [0.717, 1.165) is 16.9 Å². The third kappa shape index (κ3) is 4.53. The topological polar surface area (TPSA) is 29.1 Å². The molecule has 0 aromatic heterocycles. The molecule has 0 spiro atoms. The highest BCUT2D eigenvalue weighted by Gasteiger charge is 2.06. The minimum Gasteiger partial charge on any atom is -0.353 e. The number of hydrogen-bond donors (Lipinski definition) is 2. The fourth-order valence-electron chi connectivity index (χ4n) is 1.43. The zero-order valence-electron chi connectivity index (χ0n) is 9.44. The summed E-state index contributed by atoms with van der Waals surface area (Å²) in [5.41, 5.74) is 1.00. The molecule has 2 nitrogen and oxygen atoms in total. The summed E-state index contributed by atoms with van der Waals surface area (Å²) in [4.78, 5) is 12.5. The van der Waals surface area contributed by atoms with Crippen molar-refractivity contribution in [3.05, 3.63) is 42.5 Å². The molecule has 1 unspecified atom stereocenters. The van der Waals surface area contributed by atoms with E-state index < -0.39 is 0 Å². The van der Waals surface area contributed by atoms with Crippen molar-refractivity contribution in [2.75, 3.05) is 0 Å². The van der Waals surface area contributed by atoms with Crippen molar-refractivity contribution < 1.29 is 4.79 Å². The number of hydrogen-bond acceptors (Lipinski definition) is 2. The largest absolute Gasteiger partial charge is 0.353 e. The Labute approximate surface area is 102 Å². The van der Waals surface area contributed by atoms with Crippen LogP contribution in [0.5, 0.6) is 0 Å². The van der Waals surface area contributed by atoms with Gasteiger partial charge < -0.3 is 5.32 Å². The highest BCUT2D eigenvalue weighted by Crippen LogP contribution is 2.08. The summed E-state index contributed by atoms with van der Waals surface area (Å²) >= 11 is 4.19. The molecule has 3 heteroatoms. The lowest BCUT2D eigenvalue weighted by atomic mass is 10.1. The van der Waals surface area contributed by atoms with Crippen LogP contribution in [-0.2, 0) is 11.2 Å². The number of thiol groups is 1. The van der Waals surface area contributed by atoms with E-state index >= 15 is 0 Å². The fourth-order valence-corrected chi connectivity index (χ4v) is 1.58. The van der Waals surface area contributed by atoms with E-state index in [4.69, 9.17) is 0 Å². The Kier molecular flexibility index (Phi) is 5.12. The Morgan fingerprint density at radius 2 is 2.12 bits per heavy atom. The third-order valence-electron chi connectivity index (χ3n) is 2.23. The number of carbonyl (C=O) groups is 1. The molecule has 0 radical (unpaired) electrons. The highest BCUT2D eigenvalue weighted by molar-refractivity contribution is 7.80. The number of carbonyl (C=O) groups excluding carboxylic acids is 1. The van der Waals surface area contributed by atoms with Crippen molar-refractivity contribution in [3.63, 3.8) is 0 Å². The minimum atomic E-state index is 0.0428. The maximum atomic E-state index is 11.6. The summed E-state index contributed by atoms with van der Waals surface area (Å²) in [5.74, 6) is 0.0428. The Balaban J connectivity index is 2.45. The lowest BCUT2D eigenvalue weighted by Crippen LogP contribution is -2.33. The molecule has 1 aromatic carbocycles. The lowest BCUT2D eigenvalue weighted by Gasteiger charge is -2.11. The summed E-state index contributed by atoms with van der Waals surface area (Å²) in [6.45, 7) is 5.61. The Morgan fingerprint density at radius 3 is 2.69 bits per heavy atom. The summed E-state index contributed by atoms with van der Waals surface area (Å²) in [6, 6.07) is 7.76. The molecule has 1 aromatic rings. The summed E-state index contributed by atoms with van der Waals surface area (Å²) in [5, 5.41) is 2.91. The van der Waals surface area contributed by atoms with Gasteiger partial charge in [-0.25, -0.2) is 0 Å². The van der Waals surface area contributed by atoms with Crippen molar-refractivity contribution in [1.82, 2.24) is 5.32 Å². The first-order valence-corrected chi connectivity index (χ1v) is 5.74. The highest BCUT2D eigenvalue weighted by atomic mass is 32.1. The van der Waals surface area contributed by atoms with Gasteiger partial charge in [-0.15, -0.1) is 19.2 Å². The zero-order valence-corrected chi connectivity index (χ0v) is 10.3. The Morgan fingerprint density at radius 1 is 1.50 bits per heavy atom. The van der Waals surface area contributed by atoms with Crippen LogP contribution in [0.15, 0.2) is 41.8 Å². The molecular formula is C13H17NOS. The maximum absolute atomic E-state index is 11.6. The minimum absolute atomic E-state index is 0.0428. The van der Waals surface area contributed by atoms with Crippen LogP contribution in [0, 0.1) is 0 Å². The molecule has 0 aliphatic carbocycles. The van der Waals surface area contributed by atoms with Gasteiger partial charge in [0.15, 0.2) is 0 Å². The molecule has 0 fully saturated rings. The van der Waals surface area contributed by atoms with Gasteiger partial charge in [0.2, 0.25) is 5.91 Å². The van der Waals surface area contributed by atoms with E-state index in [0.29, 0.717) is 6.42 Å². The van der Waals surface area contributed by atoms with Crippen LogP contribution < -0.4 is 5.32 Å². The molecule has 0 heterocycles. The van der Waals surface area contributed by atoms with Gasteiger partial charge in [0.25, 0.3) is 0 Å². The van der Waals surface area contributed by atoms with Crippen LogP contribution >= 0.6 is 12.6 Å². The number of nitrogens with one attached hydrogen (secondary N) is 1. The van der Waals surface area contributed by atoms with E-state index in [1.165, 1.54) is 0 Å². The normalized spacial score (nSPS) is 11.9. The molecule has 1 amide bonds. The van der Waals surface area contributed by atoms with Crippen molar-refractivity contribution in [2.45, 2.75) is 30.7 Å². The quantitative estimate of drug-likeness (QED) is 0.596. The summed E-state index contributed by atoms with van der Waals surface area (Å²) < 4.78 is 0. The van der Waals surface area contributed by atoms with E-state index in [1.807, 2.05) is 31.2 Å². The SMILES string of the molecule is C=CCC(C)NC(=O)Cc1ccc(S)cc1. The second-order valence-corrected chi connectivity index (χ2v) is 4.35. The van der Waals surface area contributed by atoms with Gasteiger partial charge in [-0.3, -0.25) is 4.79 Å². The van der Waals surface area contributed by atoms with Gasteiger partial charge >= 0.3 is 0 Å². The van der Waals surface area contributed by atoms with Crippen LogP contribution in [0.4, 0.5) is 0 Å². The smallest absolute Gasteiger partial charge is 0.224 e. The first kappa shape index (κ1) is 12.8. The molecule has 0 saturated carbocycles. The monoisotopic (exact) mass is 235 g/mol. The predicted octanol–water partition coefficient (Wildman–Crippen LogP) is 2.60. The Hall–Kier alpha value is -1.22. The van der Waals surface area contributed by atoms with Gasteiger partial charge in [-0.1, -0.05) is 18.2 Å².